The Labute approximate surface area is 94.7 Å². The van der Waals surface area contributed by atoms with Gasteiger partial charge in [0.1, 0.15) is 0 Å². The predicted octanol–water partition coefficient (Wildman–Crippen LogP) is 1.31. The maximum Gasteiger partial charge on any atom is 0.252 e. The summed E-state index contributed by atoms with van der Waals surface area (Å²) in [5.74, 6) is 2.09. The summed E-state index contributed by atoms with van der Waals surface area (Å²) in [6.07, 6.45) is 3.78. The minimum absolute atomic E-state index is 0.295. The molecule has 0 aliphatic heterocycles. The van der Waals surface area contributed by atoms with Crippen molar-refractivity contribution in [2.75, 3.05) is 6.54 Å². The first-order valence-corrected chi connectivity index (χ1v) is 5.54. The number of hydrogen-bond donors (Lipinski definition) is 1. The minimum atomic E-state index is 0.295. The molecule has 0 fully saturated rings. The lowest BCUT2D eigenvalue weighted by Gasteiger charge is -2.07. The van der Waals surface area contributed by atoms with E-state index in [9.17, 15) is 0 Å². The fourth-order valence-electron chi connectivity index (χ4n) is 1.45. The van der Waals surface area contributed by atoms with Crippen molar-refractivity contribution in [3.63, 3.8) is 0 Å². The molecule has 0 saturated heterocycles. The Bertz CT molecular complexity index is 488. The van der Waals surface area contributed by atoms with Crippen molar-refractivity contribution in [1.29, 1.82) is 0 Å². The Balaban J connectivity index is 2.45. The van der Waals surface area contributed by atoms with Crippen LogP contribution >= 0.6 is 0 Å². The monoisotopic (exact) mass is 219 g/mol. The van der Waals surface area contributed by atoms with Gasteiger partial charge < -0.3 is 5.73 Å². The number of aromatic nitrogens is 4. The van der Waals surface area contributed by atoms with E-state index in [0.717, 1.165) is 11.4 Å². The van der Waals surface area contributed by atoms with Crippen LogP contribution in [0.2, 0.25) is 0 Å². The number of hydrogen-bond acceptors (Lipinski definition) is 4. The van der Waals surface area contributed by atoms with Gasteiger partial charge in [-0.15, -0.1) is 5.10 Å². The van der Waals surface area contributed by atoms with Crippen LogP contribution in [0.4, 0.5) is 0 Å². The van der Waals surface area contributed by atoms with Crippen molar-refractivity contribution in [2.24, 2.45) is 5.73 Å². The molecule has 2 heterocycles. The Morgan fingerprint density at radius 2 is 2.12 bits per heavy atom. The maximum absolute atomic E-state index is 5.63. The van der Waals surface area contributed by atoms with Gasteiger partial charge in [-0.1, -0.05) is 20.8 Å². The zero-order valence-corrected chi connectivity index (χ0v) is 9.88. The summed E-state index contributed by atoms with van der Waals surface area (Å²) in [4.78, 5) is 8.64. The van der Waals surface area contributed by atoms with Crippen LogP contribution < -0.4 is 5.73 Å². The molecule has 5 heteroatoms. The van der Waals surface area contributed by atoms with Crippen LogP contribution in [0.5, 0.6) is 0 Å². The number of rotatable bonds is 3. The number of nitrogens with two attached hydrogens (primary N) is 1. The maximum atomic E-state index is 5.63. The molecule has 0 aliphatic rings. The highest BCUT2D eigenvalue weighted by Crippen LogP contribution is 2.14. The lowest BCUT2D eigenvalue weighted by Crippen LogP contribution is -2.10. The standard InChI is InChI=1S/C11H17N5/c1-7(2)10-14-11-13-5-9(8(3)4-12)6-16(11)15-10/h5-8H,4,12H2,1-3H3. The van der Waals surface area contributed by atoms with Crippen molar-refractivity contribution in [2.45, 2.75) is 32.6 Å². The highest BCUT2D eigenvalue weighted by atomic mass is 15.3. The van der Waals surface area contributed by atoms with Crippen molar-refractivity contribution >= 4 is 5.78 Å². The van der Waals surface area contributed by atoms with E-state index < -0.39 is 0 Å². The lowest BCUT2D eigenvalue weighted by molar-refractivity contribution is 0.739. The quantitative estimate of drug-likeness (QED) is 0.845. The first-order valence-electron chi connectivity index (χ1n) is 5.54. The number of fused-ring (bicyclic) bond motifs is 1. The van der Waals surface area contributed by atoms with Gasteiger partial charge in [0, 0.05) is 18.3 Å². The SMILES string of the molecule is CC(C)c1nc2ncc(C(C)CN)cn2n1. The van der Waals surface area contributed by atoms with Crippen LogP contribution in [0.25, 0.3) is 5.78 Å². The Hall–Kier alpha value is -1.49. The molecule has 1 atom stereocenters. The first kappa shape index (κ1) is 11.0. The Kier molecular flexibility index (Phi) is 2.87. The van der Waals surface area contributed by atoms with E-state index in [1.54, 1.807) is 4.52 Å². The summed E-state index contributed by atoms with van der Waals surface area (Å²) in [6.45, 7) is 6.82. The van der Waals surface area contributed by atoms with E-state index in [4.69, 9.17) is 5.73 Å². The molecule has 2 rings (SSSR count). The average molecular weight is 219 g/mol. The molecule has 0 saturated carbocycles. The topological polar surface area (TPSA) is 69.1 Å². The van der Waals surface area contributed by atoms with Crippen LogP contribution in [-0.2, 0) is 0 Å². The smallest absolute Gasteiger partial charge is 0.252 e. The van der Waals surface area contributed by atoms with E-state index >= 15 is 0 Å². The molecule has 5 nitrogen and oxygen atoms in total. The highest BCUT2D eigenvalue weighted by Gasteiger charge is 2.10. The third-order valence-electron chi connectivity index (χ3n) is 2.67. The molecule has 0 spiro atoms. The molecule has 86 valence electrons. The molecule has 2 aromatic heterocycles. The van der Waals surface area contributed by atoms with Crippen molar-refractivity contribution in [3.05, 3.63) is 23.8 Å². The second kappa shape index (κ2) is 4.17. The van der Waals surface area contributed by atoms with Crippen molar-refractivity contribution < 1.29 is 0 Å². The van der Waals surface area contributed by atoms with E-state index in [2.05, 4.69) is 35.8 Å². The van der Waals surface area contributed by atoms with E-state index in [1.807, 2.05) is 12.4 Å². The van der Waals surface area contributed by atoms with Crippen molar-refractivity contribution in [3.8, 4) is 0 Å². The van der Waals surface area contributed by atoms with E-state index in [-0.39, 0.29) is 0 Å². The molecule has 2 aromatic rings. The van der Waals surface area contributed by atoms with Gasteiger partial charge in [-0.25, -0.2) is 9.50 Å². The van der Waals surface area contributed by atoms with Crippen LogP contribution in [0.15, 0.2) is 12.4 Å². The molecule has 0 bridgehead atoms. The van der Waals surface area contributed by atoms with Gasteiger partial charge >= 0.3 is 0 Å². The van der Waals surface area contributed by atoms with E-state index in [0.29, 0.717) is 24.2 Å². The predicted molar refractivity (Wildman–Crippen MR) is 62.3 cm³/mol. The van der Waals surface area contributed by atoms with E-state index in [1.165, 1.54) is 0 Å². The zero-order chi connectivity index (χ0) is 11.7. The summed E-state index contributed by atoms with van der Waals surface area (Å²) in [7, 11) is 0. The minimum Gasteiger partial charge on any atom is -0.330 e. The van der Waals surface area contributed by atoms with Gasteiger partial charge in [0.05, 0.1) is 0 Å². The normalized spacial score (nSPS) is 13.6. The molecule has 0 aliphatic carbocycles. The van der Waals surface area contributed by atoms with Gasteiger partial charge in [-0.2, -0.15) is 4.98 Å². The molecule has 0 aromatic carbocycles. The molecular formula is C11H17N5. The zero-order valence-electron chi connectivity index (χ0n) is 9.88. The average Bonchev–Trinajstić information content (AvgIpc) is 2.70. The molecule has 0 amide bonds. The second-order valence-corrected chi connectivity index (χ2v) is 4.39. The van der Waals surface area contributed by atoms with Gasteiger partial charge in [-0.3, -0.25) is 0 Å². The molecule has 2 N–H and O–H groups in total. The summed E-state index contributed by atoms with van der Waals surface area (Å²) >= 11 is 0. The lowest BCUT2D eigenvalue weighted by atomic mass is 10.1. The van der Waals surface area contributed by atoms with Crippen LogP contribution in [0.1, 0.15) is 44.0 Å². The molecule has 16 heavy (non-hydrogen) atoms. The third-order valence-corrected chi connectivity index (χ3v) is 2.67. The van der Waals surface area contributed by atoms with Crippen LogP contribution in [0, 0.1) is 0 Å². The fraction of sp³-hybridized carbons (Fsp3) is 0.545. The Morgan fingerprint density at radius 3 is 2.75 bits per heavy atom. The van der Waals surface area contributed by atoms with Crippen LogP contribution in [-0.4, -0.2) is 26.1 Å². The second-order valence-electron chi connectivity index (χ2n) is 4.39. The third kappa shape index (κ3) is 1.90. The van der Waals surface area contributed by atoms with Gasteiger partial charge in [-0.05, 0) is 18.0 Å². The van der Waals surface area contributed by atoms with Crippen molar-refractivity contribution in [1.82, 2.24) is 19.6 Å². The van der Waals surface area contributed by atoms with Gasteiger partial charge in [0.15, 0.2) is 5.82 Å². The summed E-state index contributed by atoms with van der Waals surface area (Å²) in [5, 5.41) is 4.39. The first-order chi connectivity index (χ1) is 7.61. The summed E-state index contributed by atoms with van der Waals surface area (Å²) in [5.41, 5.74) is 6.72. The fourth-order valence-corrected chi connectivity index (χ4v) is 1.45. The van der Waals surface area contributed by atoms with Crippen LogP contribution in [0.3, 0.4) is 0 Å². The highest BCUT2D eigenvalue weighted by molar-refractivity contribution is 5.29. The molecule has 1 unspecified atom stereocenters. The largest absolute Gasteiger partial charge is 0.330 e. The Morgan fingerprint density at radius 1 is 1.38 bits per heavy atom. The summed E-state index contributed by atoms with van der Waals surface area (Å²) < 4.78 is 1.73. The van der Waals surface area contributed by atoms with Gasteiger partial charge in [0.2, 0.25) is 0 Å². The summed E-state index contributed by atoms with van der Waals surface area (Å²) in [6, 6.07) is 0. The number of nitrogens with zero attached hydrogens (tertiary/aromatic N) is 4. The molecule has 0 radical (unpaired) electrons. The molecular weight excluding hydrogens is 202 g/mol. The van der Waals surface area contributed by atoms with Gasteiger partial charge in [0.25, 0.3) is 5.78 Å².